The largest absolute Gasteiger partial charge is 0.381 e. The molecule has 0 saturated carbocycles. The van der Waals surface area contributed by atoms with Gasteiger partial charge < -0.3 is 15.4 Å². The summed E-state index contributed by atoms with van der Waals surface area (Å²) in [6.45, 7) is 2.33. The molecule has 0 aromatic heterocycles. The number of guanidine groups is 1. The van der Waals surface area contributed by atoms with E-state index in [0.29, 0.717) is 5.96 Å². The van der Waals surface area contributed by atoms with Gasteiger partial charge >= 0.3 is 0 Å². The minimum absolute atomic E-state index is 0.0364. The van der Waals surface area contributed by atoms with Crippen molar-refractivity contribution in [3.05, 3.63) is 29.3 Å². The number of benzene rings is 1. The summed E-state index contributed by atoms with van der Waals surface area (Å²) in [7, 11) is 0. The van der Waals surface area contributed by atoms with E-state index in [1.807, 2.05) is 24.3 Å². The predicted octanol–water partition coefficient (Wildman–Crippen LogP) is 2.41. The van der Waals surface area contributed by atoms with Crippen LogP contribution < -0.4 is 10.6 Å². The number of ether oxygens (including phenoxy) is 1. The zero-order valence-corrected chi connectivity index (χ0v) is 11.6. The number of anilines is 1. The third-order valence-electron chi connectivity index (χ3n) is 3.95. The Morgan fingerprint density at radius 3 is 3.05 bits per heavy atom. The second-order valence-corrected chi connectivity index (χ2v) is 5.62. The molecule has 2 heterocycles. The van der Waals surface area contributed by atoms with Crippen molar-refractivity contribution in [1.29, 1.82) is 0 Å². The quantitative estimate of drug-likeness (QED) is 0.859. The van der Waals surface area contributed by atoms with Crippen molar-refractivity contribution in [2.24, 2.45) is 10.7 Å². The molecule has 1 atom stereocenters. The molecule has 0 radical (unpaired) electrons. The highest BCUT2D eigenvalue weighted by Gasteiger charge is 2.43. The number of nitrogens with two attached hydrogens (primary N) is 1. The number of hydrogen-bond acceptors (Lipinski definition) is 4. The lowest BCUT2D eigenvalue weighted by Gasteiger charge is -2.38. The molecule has 3 rings (SSSR count). The molecule has 2 aliphatic heterocycles. The van der Waals surface area contributed by atoms with Crippen LogP contribution in [0.25, 0.3) is 0 Å². The molecule has 1 unspecified atom stereocenters. The zero-order valence-electron chi connectivity index (χ0n) is 10.8. The third kappa shape index (κ3) is 2.30. The van der Waals surface area contributed by atoms with Crippen molar-refractivity contribution in [2.45, 2.75) is 24.8 Å². The smallest absolute Gasteiger partial charge is 0.196 e. The molecule has 5 heteroatoms. The van der Waals surface area contributed by atoms with Gasteiger partial charge in [-0.3, -0.25) is 4.99 Å². The van der Waals surface area contributed by atoms with E-state index in [4.69, 9.17) is 22.1 Å². The van der Waals surface area contributed by atoms with Crippen LogP contribution in [0.3, 0.4) is 0 Å². The Morgan fingerprint density at radius 1 is 1.32 bits per heavy atom. The van der Waals surface area contributed by atoms with E-state index in [2.05, 4.69) is 9.89 Å². The van der Waals surface area contributed by atoms with Gasteiger partial charge in [0.15, 0.2) is 5.96 Å². The van der Waals surface area contributed by atoms with Gasteiger partial charge in [0.05, 0.1) is 12.1 Å². The summed E-state index contributed by atoms with van der Waals surface area (Å²) in [6.07, 6.45) is 3.04. The van der Waals surface area contributed by atoms with Crippen molar-refractivity contribution in [1.82, 2.24) is 0 Å². The number of hydrogen-bond donors (Lipinski definition) is 1. The molecular weight excluding hydrogens is 262 g/mol. The summed E-state index contributed by atoms with van der Waals surface area (Å²) >= 11 is 6.10. The van der Waals surface area contributed by atoms with Crippen LogP contribution in [0.1, 0.15) is 19.3 Å². The predicted molar refractivity (Wildman–Crippen MR) is 77.8 cm³/mol. The SMILES string of the molecule is NC1=NCC2(CCCOCC2)N1c1cccc(Cl)c1. The molecule has 1 aromatic carbocycles. The summed E-state index contributed by atoms with van der Waals surface area (Å²) in [5.41, 5.74) is 7.09. The van der Waals surface area contributed by atoms with Crippen LogP contribution in [-0.4, -0.2) is 31.3 Å². The van der Waals surface area contributed by atoms with E-state index in [9.17, 15) is 0 Å². The minimum atomic E-state index is -0.0364. The first kappa shape index (κ1) is 12.8. The van der Waals surface area contributed by atoms with Gasteiger partial charge in [-0.1, -0.05) is 17.7 Å². The highest BCUT2D eigenvalue weighted by atomic mass is 35.5. The lowest BCUT2D eigenvalue weighted by Crippen LogP contribution is -2.52. The lowest BCUT2D eigenvalue weighted by molar-refractivity contribution is 0.140. The van der Waals surface area contributed by atoms with Crippen LogP contribution in [0, 0.1) is 0 Å². The van der Waals surface area contributed by atoms with Gasteiger partial charge in [0.1, 0.15) is 0 Å². The summed E-state index contributed by atoms with van der Waals surface area (Å²) in [5.74, 6) is 0.587. The fourth-order valence-corrected chi connectivity index (χ4v) is 3.19. The zero-order chi connectivity index (χ0) is 13.3. The van der Waals surface area contributed by atoms with Crippen molar-refractivity contribution in [3.8, 4) is 0 Å². The highest BCUT2D eigenvalue weighted by Crippen LogP contribution is 2.37. The summed E-state index contributed by atoms with van der Waals surface area (Å²) in [5, 5.41) is 0.720. The standard InChI is InChI=1S/C14H18ClN3O/c15-11-3-1-4-12(9-11)18-13(16)17-10-14(18)5-2-7-19-8-6-14/h1,3-4,9H,2,5-8,10H2,(H2,16,17). The highest BCUT2D eigenvalue weighted by molar-refractivity contribution is 6.31. The summed E-state index contributed by atoms with van der Waals surface area (Å²) < 4.78 is 5.58. The number of rotatable bonds is 1. The first-order chi connectivity index (χ1) is 9.21. The van der Waals surface area contributed by atoms with Crippen LogP contribution in [-0.2, 0) is 4.74 Å². The molecule has 1 aromatic rings. The second-order valence-electron chi connectivity index (χ2n) is 5.18. The average Bonchev–Trinajstić information content (AvgIpc) is 2.58. The number of aliphatic imine (C=N–C) groups is 1. The topological polar surface area (TPSA) is 50.9 Å². The molecule has 2 aliphatic rings. The van der Waals surface area contributed by atoms with Crippen LogP contribution in [0.5, 0.6) is 0 Å². The van der Waals surface area contributed by atoms with Crippen LogP contribution in [0.2, 0.25) is 5.02 Å². The first-order valence-corrected chi connectivity index (χ1v) is 7.03. The summed E-state index contributed by atoms with van der Waals surface area (Å²) in [4.78, 5) is 6.61. The van der Waals surface area contributed by atoms with Gasteiger partial charge in [0, 0.05) is 23.9 Å². The Labute approximate surface area is 118 Å². The number of halogens is 1. The van der Waals surface area contributed by atoms with Crippen molar-refractivity contribution in [3.63, 3.8) is 0 Å². The Balaban J connectivity index is 1.97. The van der Waals surface area contributed by atoms with E-state index in [0.717, 1.165) is 49.7 Å². The number of nitrogens with zero attached hydrogens (tertiary/aromatic N) is 2. The molecule has 1 fully saturated rings. The molecule has 1 spiro atoms. The van der Waals surface area contributed by atoms with Gasteiger partial charge in [0.25, 0.3) is 0 Å². The molecule has 0 aliphatic carbocycles. The van der Waals surface area contributed by atoms with Gasteiger partial charge in [0.2, 0.25) is 0 Å². The van der Waals surface area contributed by atoms with Gasteiger partial charge in [-0.2, -0.15) is 0 Å². The van der Waals surface area contributed by atoms with Crippen molar-refractivity contribution >= 4 is 23.2 Å². The normalized spacial score (nSPS) is 27.4. The van der Waals surface area contributed by atoms with Crippen LogP contribution in [0.15, 0.2) is 29.3 Å². The molecule has 0 bridgehead atoms. The monoisotopic (exact) mass is 279 g/mol. The van der Waals surface area contributed by atoms with E-state index in [1.165, 1.54) is 0 Å². The Hall–Kier alpha value is -1.26. The molecule has 1 saturated heterocycles. The van der Waals surface area contributed by atoms with Gasteiger partial charge in [-0.15, -0.1) is 0 Å². The Kier molecular flexibility index (Phi) is 3.37. The molecule has 102 valence electrons. The maximum absolute atomic E-state index is 6.11. The van der Waals surface area contributed by atoms with Gasteiger partial charge in [-0.05, 0) is 37.5 Å². The Bertz CT molecular complexity index is 495. The van der Waals surface area contributed by atoms with Crippen LogP contribution in [0.4, 0.5) is 5.69 Å². The van der Waals surface area contributed by atoms with E-state index in [-0.39, 0.29) is 5.54 Å². The maximum Gasteiger partial charge on any atom is 0.196 e. The van der Waals surface area contributed by atoms with Crippen LogP contribution >= 0.6 is 11.6 Å². The van der Waals surface area contributed by atoms with Gasteiger partial charge in [-0.25, -0.2) is 0 Å². The maximum atomic E-state index is 6.11. The minimum Gasteiger partial charge on any atom is -0.381 e. The molecule has 2 N–H and O–H groups in total. The second kappa shape index (κ2) is 5.02. The van der Waals surface area contributed by atoms with E-state index in [1.54, 1.807) is 0 Å². The molecule has 4 nitrogen and oxygen atoms in total. The fourth-order valence-electron chi connectivity index (χ4n) is 3.01. The van der Waals surface area contributed by atoms with E-state index < -0.39 is 0 Å². The Morgan fingerprint density at radius 2 is 2.21 bits per heavy atom. The van der Waals surface area contributed by atoms with Crippen molar-refractivity contribution in [2.75, 3.05) is 24.7 Å². The third-order valence-corrected chi connectivity index (χ3v) is 4.18. The van der Waals surface area contributed by atoms with Crippen molar-refractivity contribution < 1.29 is 4.74 Å². The average molecular weight is 280 g/mol. The summed E-state index contributed by atoms with van der Waals surface area (Å²) in [6, 6.07) is 7.80. The first-order valence-electron chi connectivity index (χ1n) is 6.65. The van der Waals surface area contributed by atoms with E-state index >= 15 is 0 Å². The molecule has 0 amide bonds. The lowest BCUT2D eigenvalue weighted by atomic mass is 9.89. The molecular formula is C14H18ClN3O. The fraction of sp³-hybridized carbons (Fsp3) is 0.500. The molecule has 19 heavy (non-hydrogen) atoms.